The molecule has 0 aliphatic rings. The van der Waals surface area contributed by atoms with Crippen LogP contribution in [0.4, 0.5) is 0 Å². The first-order valence-corrected chi connectivity index (χ1v) is 6.64. The molecule has 1 N–H and O–H groups in total. The monoisotopic (exact) mass is 247 g/mol. The van der Waals surface area contributed by atoms with Crippen LogP contribution < -0.4 is 5.32 Å². The number of hydrogen-bond donors (Lipinski definition) is 1. The predicted molar refractivity (Wildman–Crippen MR) is 78.1 cm³/mol. The molecule has 1 aromatic rings. The van der Waals surface area contributed by atoms with Gasteiger partial charge in [0.25, 0.3) is 0 Å². The smallest absolute Gasteiger partial charge is 0.0587 e. The molecule has 0 spiro atoms. The van der Waals surface area contributed by atoms with Crippen molar-refractivity contribution in [1.82, 2.24) is 5.32 Å². The minimum atomic E-state index is 0.784. The average Bonchev–Trinajstić information content (AvgIpc) is 2.31. The summed E-state index contributed by atoms with van der Waals surface area (Å²) in [5.41, 5.74) is 4.09. The molecule has 0 bridgehead atoms. The molecule has 0 unspecified atom stereocenters. The van der Waals surface area contributed by atoms with Gasteiger partial charge in [0.2, 0.25) is 0 Å². The van der Waals surface area contributed by atoms with Gasteiger partial charge in [-0.1, -0.05) is 41.5 Å². The zero-order chi connectivity index (χ0) is 13.2. The van der Waals surface area contributed by atoms with Crippen molar-refractivity contribution in [3.63, 3.8) is 0 Å². The van der Waals surface area contributed by atoms with Crippen LogP contribution in [0.2, 0.25) is 0 Å². The van der Waals surface area contributed by atoms with E-state index < -0.39 is 0 Å². The van der Waals surface area contributed by atoms with Gasteiger partial charge >= 0.3 is 0 Å². The Morgan fingerprint density at radius 3 is 2.44 bits per heavy atom. The van der Waals surface area contributed by atoms with Crippen molar-refractivity contribution in [2.24, 2.45) is 0 Å². The summed E-state index contributed by atoms with van der Waals surface area (Å²) < 4.78 is 4.97. The third-order valence-electron chi connectivity index (χ3n) is 2.77. The van der Waals surface area contributed by atoms with E-state index in [2.05, 4.69) is 49.5 Å². The number of hydrogen-bond acceptors (Lipinski definition) is 2. The molecule has 1 rings (SSSR count). The molecule has 0 saturated carbocycles. The normalized spacial score (nSPS) is 11.3. The first-order valence-electron chi connectivity index (χ1n) is 6.64. The Kier molecular flexibility index (Phi) is 7.38. The van der Waals surface area contributed by atoms with Gasteiger partial charge in [-0.05, 0) is 38.8 Å². The van der Waals surface area contributed by atoms with Crippen molar-refractivity contribution < 1.29 is 4.74 Å². The van der Waals surface area contributed by atoms with Gasteiger partial charge in [-0.3, -0.25) is 0 Å². The number of allylic oxidation sites excluding steroid dienone is 1. The lowest BCUT2D eigenvalue weighted by atomic mass is 10.0. The summed E-state index contributed by atoms with van der Waals surface area (Å²) in [6, 6.07) is 6.73. The molecular formula is C16H25NO. The van der Waals surface area contributed by atoms with Gasteiger partial charge in [0, 0.05) is 13.7 Å². The van der Waals surface area contributed by atoms with E-state index >= 15 is 0 Å². The Morgan fingerprint density at radius 2 is 1.78 bits per heavy atom. The van der Waals surface area contributed by atoms with E-state index in [0.717, 1.165) is 32.5 Å². The number of methoxy groups -OCH3 is 1. The highest BCUT2D eigenvalue weighted by molar-refractivity contribution is 5.29. The minimum Gasteiger partial charge on any atom is -0.383 e. The fourth-order valence-electron chi connectivity index (χ4n) is 2.01. The lowest BCUT2D eigenvalue weighted by molar-refractivity contribution is 0.199. The van der Waals surface area contributed by atoms with Crippen molar-refractivity contribution in [2.75, 3.05) is 26.8 Å². The SMILES string of the molecule is COCCNCCC=CCc1cc(C)cc(C)c1. The van der Waals surface area contributed by atoms with E-state index in [0.29, 0.717) is 0 Å². The van der Waals surface area contributed by atoms with Crippen LogP contribution >= 0.6 is 0 Å². The summed E-state index contributed by atoms with van der Waals surface area (Å²) in [5.74, 6) is 0. The largest absolute Gasteiger partial charge is 0.383 e. The summed E-state index contributed by atoms with van der Waals surface area (Å²) in [6.45, 7) is 7.04. The molecule has 0 aliphatic carbocycles. The number of nitrogens with one attached hydrogen (secondary N) is 1. The zero-order valence-electron chi connectivity index (χ0n) is 11.8. The molecule has 0 aliphatic heterocycles. The van der Waals surface area contributed by atoms with E-state index in [1.807, 2.05) is 0 Å². The van der Waals surface area contributed by atoms with Crippen LogP contribution in [0, 0.1) is 13.8 Å². The summed E-state index contributed by atoms with van der Waals surface area (Å²) >= 11 is 0. The van der Waals surface area contributed by atoms with Crippen molar-refractivity contribution in [3.8, 4) is 0 Å². The van der Waals surface area contributed by atoms with Crippen molar-refractivity contribution >= 4 is 0 Å². The van der Waals surface area contributed by atoms with E-state index in [4.69, 9.17) is 4.74 Å². The molecule has 0 aromatic heterocycles. The molecule has 100 valence electrons. The lowest BCUT2D eigenvalue weighted by Gasteiger charge is -2.02. The second-order valence-corrected chi connectivity index (χ2v) is 4.70. The Morgan fingerprint density at radius 1 is 1.06 bits per heavy atom. The Balaban J connectivity index is 2.19. The molecule has 0 fully saturated rings. The fourth-order valence-corrected chi connectivity index (χ4v) is 2.01. The highest BCUT2D eigenvalue weighted by Gasteiger charge is 1.93. The molecule has 1 aromatic carbocycles. The first-order chi connectivity index (χ1) is 8.72. The maximum Gasteiger partial charge on any atom is 0.0587 e. The van der Waals surface area contributed by atoms with E-state index in [-0.39, 0.29) is 0 Å². The first kappa shape index (κ1) is 14.9. The molecule has 0 atom stereocenters. The highest BCUT2D eigenvalue weighted by Crippen LogP contribution is 2.09. The standard InChI is InChI=1S/C16H25NO/c1-14-11-15(2)13-16(12-14)7-5-4-6-8-17-9-10-18-3/h4-5,11-13,17H,6-10H2,1-3H3. The second kappa shape index (κ2) is 8.90. The van der Waals surface area contributed by atoms with Crippen molar-refractivity contribution in [1.29, 1.82) is 0 Å². The van der Waals surface area contributed by atoms with E-state index in [1.54, 1.807) is 7.11 Å². The molecule has 2 heteroatoms. The number of rotatable bonds is 8. The number of ether oxygens (including phenoxy) is 1. The minimum absolute atomic E-state index is 0.784. The fraction of sp³-hybridized carbons (Fsp3) is 0.500. The van der Waals surface area contributed by atoms with Gasteiger partial charge in [0.15, 0.2) is 0 Å². The molecule has 0 amide bonds. The van der Waals surface area contributed by atoms with Gasteiger partial charge in [0.05, 0.1) is 6.61 Å². The number of aryl methyl sites for hydroxylation is 2. The van der Waals surface area contributed by atoms with Gasteiger partial charge in [-0.15, -0.1) is 0 Å². The van der Waals surface area contributed by atoms with Crippen LogP contribution in [0.15, 0.2) is 30.4 Å². The van der Waals surface area contributed by atoms with Crippen LogP contribution in [-0.4, -0.2) is 26.8 Å². The predicted octanol–water partition coefficient (Wildman–Crippen LogP) is 3.03. The second-order valence-electron chi connectivity index (χ2n) is 4.70. The number of benzene rings is 1. The average molecular weight is 247 g/mol. The van der Waals surface area contributed by atoms with Crippen LogP contribution in [-0.2, 0) is 11.2 Å². The third kappa shape index (κ3) is 6.58. The van der Waals surface area contributed by atoms with Crippen LogP contribution in [0.25, 0.3) is 0 Å². The third-order valence-corrected chi connectivity index (χ3v) is 2.77. The van der Waals surface area contributed by atoms with Gasteiger partial charge in [-0.2, -0.15) is 0 Å². The van der Waals surface area contributed by atoms with Gasteiger partial charge < -0.3 is 10.1 Å². The summed E-state index contributed by atoms with van der Waals surface area (Å²) in [7, 11) is 1.73. The Bertz CT molecular complexity index is 351. The quantitative estimate of drug-likeness (QED) is 0.563. The van der Waals surface area contributed by atoms with Crippen LogP contribution in [0.5, 0.6) is 0 Å². The molecule has 18 heavy (non-hydrogen) atoms. The van der Waals surface area contributed by atoms with Crippen LogP contribution in [0.3, 0.4) is 0 Å². The lowest BCUT2D eigenvalue weighted by Crippen LogP contribution is -2.19. The molecule has 0 heterocycles. The van der Waals surface area contributed by atoms with Gasteiger partial charge in [0.1, 0.15) is 0 Å². The maximum atomic E-state index is 4.97. The molecule has 0 radical (unpaired) electrons. The molecule has 0 saturated heterocycles. The Hall–Kier alpha value is -1.12. The highest BCUT2D eigenvalue weighted by atomic mass is 16.5. The topological polar surface area (TPSA) is 21.3 Å². The van der Waals surface area contributed by atoms with Crippen molar-refractivity contribution in [2.45, 2.75) is 26.7 Å². The van der Waals surface area contributed by atoms with E-state index in [9.17, 15) is 0 Å². The van der Waals surface area contributed by atoms with E-state index in [1.165, 1.54) is 16.7 Å². The maximum absolute atomic E-state index is 4.97. The van der Waals surface area contributed by atoms with Crippen molar-refractivity contribution in [3.05, 3.63) is 47.0 Å². The zero-order valence-corrected chi connectivity index (χ0v) is 11.8. The Labute approximate surface area is 111 Å². The summed E-state index contributed by atoms with van der Waals surface area (Å²) in [6.07, 6.45) is 6.61. The molecule has 2 nitrogen and oxygen atoms in total. The molecular weight excluding hydrogens is 222 g/mol. The van der Waals surface area contributed by atoms with Crippen LogP contribution in [0.1, 0.15) is 23.1 Å². The summed E-state index contributed by atoms with van der Waals surface area (Å²) in [5, 5.41) is 3.33. The summed E-state index contributed by atoms with van der Waals surface area (Å²) in [4.78, 5) is 0. The van der Waals surface area contributed by atoms with Gasteiger partial charge in [-0.25, -0.2) is 0 Å².